The molecule has 1 aromatic heterocycles. The first-order valence-electron chi connectivity index (χ1n) is 10.5. The number of aromatic nitrogens is 1. The van der Waals surface area contributed by atoms with Crippen LogP contribution in [0.5, 0.6) is 5.75 Å². The van der Waals surface area contributed by atoms with E-state index in [1.165, 1.54) is 18.4 Å². The lowest BCUT2D eigenvalue weighted by atomic mass is 10.1. The minimum atomic E-state index is 0.0264. The molecule has 0 aliphatic carbocycles. The van der Waals surface area contributed by atoms with Crippen LogP contribution in [-0.2, 0) is 4.79 Å². The summed E-state index contributed by atoms with van der Waals surface area (Å²) in [6, 6.07) is 9.93. The fraction of sp³-hybridized carbons (Fsp3) is 0.478. The van der Waals surface area contributed by atoms with Gasteiger partial charge in [0, 0.05) is 38.1 Å². The summed E-state index contributed by atoms with van der Waals surface area (Å²) in [7, 11) is 0. The zero-order chi connectivity index (χ0) is 20.2. The Balaban J connectivity index is 1.32. The van der Waals surface area contributed by atoms with Crippen LogP contribution in [0, 0.1) is 13.8 Å². The monoisotopic (exact) mass is 394 g/mol. The Labute approximate surface area is 172 Å². The molecule has 6 nitrogen and oxygen atoms in total. The molecule has 0 spiro atoms. The van der Waals surface area contributed by atoms with Gasteiger partial charge < -0.3 is 15.0 Å². The lowest BCUT2D eigenvalue weighted by Gasteiger charge is -2.22. The van der Waals surface area contributed by atoms with E-state index in [9.17, 15) is 4.79 Å². The van der Waals surface area contributed by atoms with Crippen LogP contribution in [0.25, 0.3) is 0 Å². The van der Waals surface area contributed by atoms with Gasteiger partial charge >= 0.3 is 0 Å². The predicted molar refractivity (Wildman–Crippen MR) is 116 cm³/mol. The summed E-state index contributed by atoms with van der Waals surface area (Å²) in [6.07, 6.45) is 5.27. The summed E-state index contributed by atoms with van der Waals surface area (Å²) in [6.45, 7) is 8.20. The van der Waals surface area contributed by atoms with Gasteiger partial charge in [-0.3, -0.25) is 9.69 Å². The SMILES string of the molecule is Cc1cccc(NC(=O)CN2CC[C@H](Oc3cccnc3N3CCCC3)C2)c1C. The van der Waals surface area contributed by atoms with E-state index in [-0.39, 0.29) is 12.0 Å². The normalized spacial score (nSPS) is 19.5. The first-order valence-corrected chi connectivity index (χ1v) is 10.5. The van der Waals surface area contributed by atoms with Crippen LogP contribution < -0.4 is 15.0 Å². The largest absolute Gasteiger partial charge is 0.485 e. The molecule has 2 aromatic rings. The Morgan fingerprint density at radius 3 is 2.83 bits per heavy atom. The van der Waals surface area contributed by atoms with Gasteiger partial charge in [-0.2, -0.15) is 0 Å². The van der Waals surface area contributed by atoms with Gasteiger partial charge in [-0.1, -0.05) is 12.1 Å². The average molecular weight is 395 g/mol. The van der Waals surface area contributed by atoms with E-state index < -0.39 is 0 Å². The number of aryl methyl sites for hydroxylation is 1. The van der Waals surface area contributed by atoms with Crippen LogP contribution in [0.15, 0.2) is 36.5 Å². The lowest BCUT2D eigenvalue weighted by Crippen LogP contribution is -2.33. The van der Waals surface area contributed by atoms with Gasteiger partial charge in [0.05, 0.1) is 6.54 Å². The number of carbonyl (C=O) groups is 1. The van der Waals surface area contributed by atoms with Crippen LogP contribution in [0.3, 0.4) is 0 Å². The van der Waals surface area contributed by atoms with E-state index in [0.29, 0.717) is 6.54 Å². The van der Waals surface area contributed by atoms with Gasteiger partial charge in [0.2, 0.25) is 5.91 Å². The maximum absolute atomic E-state index is 12.5. The molecule has 1 N–H and O–H groups in total. The van der Waals surface area contributed by atoms with E-state index in [4.69, 9.17) is 4.74 Å². The molecule has 2 fully saturated rings. The van der Waals surface area contributed by atoms with Crippen molar-refractivity contribution in [1.29, 1.82) is 0 Å². The summed E-state index contributed by atoms with van der Waals surface area (Å²) in [5.74, 6) is 1.84. The van der Waals surface area contributed by atoms with E-state index in [1.54, 1.807) is 0 Å². The number of amides is 1. The zero-order valence-electron chi connectivity index (χ0n) is 17.4. The Bertz CT molecular complexity index is 864. The Morgan fingerprint density at radius 2 is 2.00 bits per heavy atom. The number of likely N-dealkylation sites (tertiary alicyclic amines) is 1. The number of ether oxygens (including phenoxy) is 1. The van der Waals surface area contributed by atoms with E-state index in [0.717, 1.165) is 55.4 Å². The third-order valence-corrected chi connectivity index (χ3v) is 5.93. The van der Waals surface area contributed by atoms with Gasteiger partial charge in [-0.05, 0) is 62.4 Å². The summed E-state index contributed by atoms with van der Waals surface area (Å²) in [4.78, 5) is 21.5. The number of rotatable bonds is 6. The number of nitrogens with one attached hydrogen (secondary N) is 1. The highest BCUT2D eigenvalue weighted by molar-refractivity contribution is 5.93. The third kappa shape index (κ3) is 4.70. The minimum absolute atomic E-state index is 0.0264. The minimum Gasteiger partial charge on any atom is -0.485 e. The summed E-state index contributed by atoms with van der Waals surface area (Å²) >= 11 is 0. The predicted octanol–water partition coefficient (Wildman–Crippen LogP) is 3.39. The maximum atomic E-state index is 12.5. The molecule has 1 amide bonds. The first kappa shape index (κ1) is 19.7. The average Bonchev–Trinajstić information content (AvgIpc) is 3.38. The van der Waals surface area contributed by atoms with Crippen LogP contribution in [-0.4, -0.2) is 54.6 Å². The van der Waals surface area contributed by atoms with E-state index in [1.807, 2.05) is 37.4 Å². The molecular weight excluding hydrogens is 364 g/mol. The molecule has 0 bridgehead atoms. The molecule has 2 aliphatic heterocycles. The molecule has 6 heteroatoms. The topological polar surface area (TPSA) is 57.7 Å². The number of carbonyl (C=O) groups excluding carboxylic acids is 1. The van der Waals surface area contributed by atoms with Crippen LogP contribution in [0.1, 0.15) is 30.4 Å². The fourth-order valence-corrected chi connectivity index (χ4v) is 4.14. The molecule has 0 saturated carbocycles. The van der Waals surface area contributed by atoms with Crippen LogP contribution >= 0.6 is 0 Å². The van der Waals surface area contributed by atoms with Gasteiger partial charge in [-0.15, -0.1) is 0 Å². The van der Waals surface area contributed by atoms with Gasteiger partial charge in [0.1, 0.15) is 6.10 Å². The second kappa shape index (κ2) is 8.82. The summed E-state index contributed by atoms with van der Waals surface area (Å²) in [5, 5.41) is 3.05. The van der Waals surface area contributed by atoms with Crippen molar-refractivity contribution in [3.63, 3.8) is 0 Å². The Hall–Kier alpha value is -2.60. The first-order chi connectivity index (χ1) is 14.1. The Kier molecular flexibility index (Phi) is 6.00. The molecule has 0 unspecified atom stereocenters. The smallest absolute Gasteiger partial charge is 0.238 e. The number of hydrogen-bond acceptors (Lipinski definition) is 5. The standard InChI is InChI=1S/C23H30N4O2/c1-17-7-5-8-20(18(17)2)25-22(28)16-26-14-10-19(15-26)29-21-9-6-11-24-23(21)27-12-3-4-13-27/h5-9,11,19H,3-4,10,12-16H2,1-2H3,(H,25,28)/t19-/m0/s1. The molecule has 4 rings (SSSR count). The van der Waals surface area contributed by atoms with Crippen molar-refractivity contribution < 1.29 is 9.53 Å². The Morgan fingerprint density at radius 1 is 1.17 bits per heavy atom. The molecule has 154 valence electrons. The highest BCUT2D eigenvalue weighted by atomic mass is 16.5. The molecular formula is C23H30N4O2. The van der Waals surface area contributed by atoms with Crippen LogP contribution in [0.4, 0.5) is 11.5 Å². The van der Waals surface area contributed by atoms with Crippen molar-refractivity contribution >= 4 is 17.4 Å². The van der Waals surface area contributed by atoms with E-state index in [2.05, 4.69) is 33.1 Å². The molecule has 1 aromatic carbocycles. The quantitative estimate of drug-likeness (QED) is 0.814. The third-order valence-electron chi connectivity index (χ3n) is 5.93. The number of anilines is 2. The number of benzene rings is 1. The van der Waals surface area contributed by atoms with Crippen molar-refractivity contribution in [1.82, 2.24) is 9.88 Å². The van der Waals surface area contributed by atoms with Gasteiger partial charge in [0.25, 0.3) is 0 Å². The molecule has 29 heavy (non-hydrogen) atoms. The second-order valence-electron chi connectivity index (χ2n) is 8.08. The summed E-state index contributed by atoms with van der Waals surface area (Å²) in [5.41, 5.74) is 3.20. The number of nitrogens with zero attached hydrogens (tertiary/aromatic N) is 3. The lowest BCUT2D eigenvalue weighted by molar-refractivity contribution is -0.117. The molecule has 2 saturated heterocycles. The summed E-state index contributed by atoms with van der Waals surface area (Å²) < 4.78 is 6.31. The second-order valence-corrected chi connectivity index (χ2v) is 8.08. The highest BCUT2D eigenvalue weighted by Crippen LogP contribution is 2.30. The van der Waals surface area contributed by atoms with Crippen molar-refractivity contribution in [2.75, 3.05) is 42.9 Å². The van der Waals surface area contributed by atoms with E-state index >= 15 is 0 Å². The fourth-order valence-electron chi connectivity index (χ4n) is 4.14. The van der Waals surface area contributed by atoms with Crippen molar-refractivity contribution in [3.05, 3.63) is 47.7 Å². The molecule has 0 radical (unpaired) electrons. The van der Waals surface area contributed by atoms with Crippen molar-refractivity contribution in [2.45, 2.75) is 39.2 Å². The molecule has 1 atom stereocenters. The number of hydrogen-bond donors (Lipinski definition) is 1. The van der Waals surface area contributed by atoms with Crippen LogP contribution in [0.2, 0.25) is 0 Å². The van der Waals surface area contributed by atoms with Crippen molar-refractivity contribution in [3.8, 4) is 5.75 Å². The highest BCUT2D eigenvalue weighted by Gasteiger charge is 2.27. The zero-order valence-corrected chi connectivity index (χ0v) is 17.4. The molecule has 2 aliphatic rings. The maximum Gasteiger partial charge on any atom is 0.238 e. The number of pyridine rings is 1. The van der Waals surface area contributed by atoms with Gasteiger partial charge in [-0.25, -0.2) is 4.98 Å². The van der Waals surface area contributed by atoms with Gasteiger partial charge in [0.15, 0.2) is 11.6 Å². The van der Waals surface area contributed by atoms with Crippen molar-refractivity contribution in [2.24, 2.45) is 0 Å². The molecule has 3 heterocycles.